The number of nitrogens with one attached hydrogen (secondary N) is 2. The smallest absolute Gasteiger partial charge is 0.387 e. The maximum Gasteiger partial charge on any atom is 0.387 e. The lowest BCUT2D eigenvalue weighted by Gasteiger charge is -2.15. The maximum absolute atomic E-state index is 12.4. The molecule has 0 heterocycles. The van der Waals surface area contributed by atoms with Crippen LogP contribution in [0, 0.1) is 0 Å². The zero-order valence-electron chi connectivity index (χ0n) is 13.7. The highest BCUT2D eigenvalue weighted by molar-refractivity contribution is 14.0. The lowest BCUT2D eigenvalue weighted by molar-refractivity contribution is -0.0512. The minimum Gasteiger partial charge on any atom is -0.493 e. The Hall–Kier alpha value is -1.32. The largest absolute Gasteiger partial charge is 0.493 e. The quantitative estimate of drug-likeness (QED) is 0.387. The molecule has 5 nitrogen and oxygen atoms in total. The van der Waals surface area contributed by atoms with Gasteiger partial charge in [0.05, 0.1) is 7.11 Å². The molecule has 0 unspecified atom stereocenters. The van der Waals surface area contributed by atoms with Gasteiger partial charge in [-0.15, -0.1) is 24.0 Å². The molecule has 8 heteroatoms. The van der Waals surface area contributed by atoms with Crippen LogP contribution in [-0.4, -0.2) is 39.3 Å². The SMILES string of the molecule is CN=C(NCCc1ccc(OC)c(OC(F)F)c1)NC(C)C.I. The number of aliphatic imine (C=N–C) groups is 1. The highest BCUT2D eigenvalue weighted by atomic mass is 127. The van der Waals surface area contributed by atoms with Crippen molar-refractivity contribution < 1.29 is 18.3 Å². The van der Waals surface area contributed by atoms with Crippen LogP contribution < -0.4 is 20.1 Å². The molecule has 132 valence electrons. The van der Waals surface area contributed by atoms with Crippen LogP contribution in [0.1, 0.15) is 19.4 Å². The predicted octanol–water partition coefficient (Wildman–Crippen LogP) is 3.03. The fourth-order valence-corrected chi connectivity index (χ4v) is 1.86. The van der Waals surface area contributed by atoms with Gasteiger partial charge in [-0.05, 0) is 38.0 Å². The van der Waals surface area contributed by atoms with E-state index in [4.69, 9.17) is 4.74 Å². The lowest BCUT2D eigenvalue weighted by Crippen LogP contribution is -2.41. The van der Waals surface area contributed by atoms with E-state index < -0.39 is 6.61 Å². The first-order chi connectivity index (χ1) is 10.5. The zero-order valence-corrected chi connectivity index (χ0v) is 16.1. The summed E-state index contributed by atoms with van der Waals surface area (Å²) >= 11 is 0. The van der Waals surface area contributed by atoms with E-state index in [1.54, 1.807) is 19.2 Å². The van der Waals surface area contributed by atoms with Gasteiger partial charge >= 0.3 is 6.61 Å². The second-order valence-electron chi connectivity index (χ2n) is 4.91. The average molecular weight is 443 g/mol. The van der Waals surface area contributed by atoms with E-state index in [9.17, 15) is 8.78 Å². The summed E-state index contributed by atoms with van der Waals surface area (Å²) in [6.07, 6.45) is 0.641. The van der Waals surface area contributed by atoms with Gasteiger partial charge in [-0.2, -0.15) is 8.78 Å². The molecule has 0 atom stereocenters. The summed E-state index contributed by atoms with van der Waals surface area (Å²) in [4.78, 5) is 4.09. The summed E-state index contributed by atoms with van der Waals surface area (Å²) in [7, 11) is 3.11. The number of nitrogens with zero attached hydrogens (tertiary/aromatic N) is 1. The molecule has 0 aliphatic heterocycles. The van der Waals surface area contributed by atoms with E-state index >= 15 is 0 Å². The third kappa shape index (κ3) is 8.19. The Labute approximate surface area is 152 Å². The fourth-order valence-electron chi connectivity index (χ4n) is 1.86. The van der Waals surface area contributed by atoms with Gasteiger partial charge in [0.15, 0.2) is 17.5 Å². The Morgan fingerprint density at radius 2 is 1.96 bits per heavy atom. The van der Waals surface area contributed by atoms with E-state index in [0.717, 1.165) is 5.56 Å². The molecular weight excluding hydrogens is 419 g/mol. The number of hydrogen-bond donors (Lipinski definition) is 2. The fraction of sp³-hybridized carbons (Fsp3) is 0.533. The van der Waals surface area contributed by atoms with Crippen LogP contribution in [-0.2, 0) is 6.42 Å². The van der Waals surface area contributed by atoms with E-state index in [2.05, 4.69) is 20.4 Å². The number of alkyl halides is 2. The number of guanidine groups is 1. The minimum absolute atomic E-state index is 0. The number of methoxy groups -OCH3 is 1. The Morgan fingerprint density at radius 3 is 2.48 bits per heavy atom. The molecule has 0 radical (unpaired) electrons. The number of rotatable bonds is 7. The Balaban J connectivity index is 0.00000484. The Morgan fingerprint density at radius 1 is 1.26 bits per heavy atom. The van der Waals surface area contributed by atoms with Crippen molar-refractivity contribution in [2.75, 3.05) is 20.7 Å². The summed E-state index contributed by atoms with van der Waals surface area (Å²) in [5, 5.41) is 6.32. The van der Waals surface area contributed by atoms with Crippen molar-refractivity contribution in [3.05, 3.63) is 23.8 Å². The number of ether oxygens (including phenoxy) is 2. The highest BCUT2D eigenvalue weighted by Crippen LogP contribution is 2.29. The number of halogens is 3. The van der Waals surface area contributed by atoms with Gasteiger partial charge in [-0.1, -0.05) is 6.07 Å². The Bertz CT molecular complexity index is 500. The molecule has 0 aliphatic carbocycles. The molecular formula is C15H24F2IN3O2. The van der Waals surface area contributed by atoms with Gasteiger partial charge in [0.25, 0.3) is 0 Å². The molecule has 2 N–H and O–H groups in total. The molecule has 1 aromatic rings. The number of hydrogen-bond acceptors (Lipinski definition) is 3. The van der Waals surface area contributed by atoms with Crippen molar-refractivity contribution in [3.63, 3.8) is 0 Å². The van der Waals surface area contributed by atoms with Gasteiger partial charge < -0.3 is 20.1 Å². The summed E-state index contributed by atoms with van der Waals surface area (Å²) in [6.45, 7) is 1.78. The first kappa shape index (κ1) is 21.7. The Kier molecular flexibility index (Phi) is 10.6. The molecule has 0 amide bonds. The molecule has 0 spiro atoms. The van der Waals surface area contributed by atoms with Crippen LogP contribution in [0.2, 0.25) is 0 Å². The third-order valence-corrected chi connectivity index (χ3v) is 2.80. The summed E-state index contributed by atoms with van der Waals surface area (Å²) < 4.78 is 34.2. The van der Waals surface area contributed by atoms with Gasteiger partial charge in [-0.25, -0.2) is 0 Å². The normalized spacial score (nSPS) is 11.2. The van der Waals surface area contributed by atoms with E-state index in [1.807, 2.05) is 19.9 Å². The average Bonchev–Trinajstić information content (AvgIpc) is 2.45. The van der Waals surface area contributed by atoms with E-state index in [-0.39, 0.29) is 41.5 Å². The number of benzene rings is 1. The van der Waals surface area contributed by atoms with Crippen molar-refractivity contribution in [2.45, 2.75) is 32.9 Å². The van der Waals surface area contributed by atoms with Crippen LogP contribution in [0.5, 0.6) is 11.5 Å². The highest BCUT2D eigenvalue weighted by Gasteiger charge is 2.11. The molecule has 0 bridgehead atoms. The minimum atomic E-state index is -2.88. The van der Waals surface area contributed by atoms with Crippen LogP contribution in [0.15, 0.2) is 23.2 Å². The molecule has 1 aromatic carbocycles. The monoisotopic (exact) mass is 443 g/mol. The summed E-state index contributed by atoms with van der Waals surface area (Å²) in [5.74, 6) is 1.03. The van der Waals surface area contributed by atoms with Crippen molar-refractivity contribution in [1.29, 1.82) is 0 Å². The maximum atomic E-state index is 12.4. The predicted molar refractivity (Wildman–Crippen MR) is 98.4 cm³/mol. The van der Waals surface area contributed by atoms with Crippen molar-refractivity contribution in [3.8, 4) is 11.5 Å². The molecule has 0 fully saturated rings. The van der Waals surface area contributed by atoms with Gasteiger partial charge in [-0.3, -0.25) is 4.99 Å². The van der Waals surface area contributed by atoms with Crippen molar-refractivity contribution in [2.24, 2.45) is 4.99 Å². The van der Waals surface area contributed by atoms with Gasteiger partial charge in [0.1, 0.15) is 0 Å². The molecule has 1 rings (SSSR count). The van der Waals surface area contributed by atoms with Gasteiger partial charge in [0, 0.05) is 19.6 Å². The molecule has 23 heavy (non-hydrogen) atoms. The third-order valence-electron chi connectivity index (χ3n) is 2.80. The standard InChI is InChI=1S/C15H23F2N3O2.HI/c1-10(2)20-15(18-3)19-8-7-11-5-6-12(21-4)13(9-11)22-14(16)17;/h5-6,9-10,14H,7-8H2,1-4H3,(H2,18,19,20);1H. The molecule has 0 aromatic heterocycles. The molecule has 0 aliphatic rings. The van der Waals surface area contributed by atoms with Gasteiger partial charge in [0.2, 0.25) is 0 Å². The molecule has 0 saturated carbocycles. The zero-order chi connectivity index (χ0) is 16.5. The second kappa shape index (κ2) is 11.3. The second-order valence-corrected chi connectivity index (χ2v) is 4.91. The summed E-state index contributed by atoms with van der Waals surface area (Å²) in [6, 6.07) is 5.27. The van der Waals surface area contributed by atoms with Crippen molar-refractivity contribution >= 4 is 29.9 Å². The van der Waals surface area contributed by atoms with Crippen LogP contribution in [0.3, 0.4) is 0 Å². The van der Waals surface area contributed by atoms with Crippen LogP contribution in [0.25, 0.3) is 0 Å². The molecule has 0 saturated heterocycles. The van der Waals surface area contributed by atoms with E-state index in [0.29, 0.717) is 18.9 Å². The lowest BCUT2D eigenvalue weighted by atomic mass is 10.1. The van der Waals surface area contributed by atoms with Crippen LogP contribution >= 0.6 is 24.0 Å². The van der Waals surface area contributed by atoms with E-state index in [1.165, 1.54) is 7.11 Å². The first-order valence-corrected chi connectivity index (χ1v) is 7.05. The first-order valence-electron chi connectivity index (χ1n) is 7.05. The van der Waals surface area contributed by atoms with Crippen molar-refractivity contribution in [1.82, 2.24) is 10.6 Å². The van der Waals surface area contributed by atoms with Crippen LogP contribution in [0.4, 0.5) is 8.78 Å². The topological polar surface area (TPSA) is 54.9 Å². The summed E-state index contributed by atoms with van der Waals surface area (Å²) in [5.41, 5.74) is 0.865.